The van der Waals surface area contributed by atoms with E-state index >= 15 is 0 Å². The molecule has 0 bridgehead atoms. The van der Waals surface area contributed by atoms with Crippen molar-refractivity contribution < 1.29 is 4.92 Å². The van der Waals surface area contributed by atoms with Gasteiger partial charge in [0.05, 0.1) is 4.92 Å². The number of nitrogens with one attached hydrogen (secondary N) is 1. The fourth-order valence-electron chi connectivity index (χ4n) is 2.20. The van der Waals surface area contributed by atoms with Gasteiger partial charge in [-0.3, -0.25) is 10.1 Å². The van der Waals surface area contributed by atoms with Gasteiger partial charge in [0.2, 0.25) is 0 Å². The van der Waals surface area contributed by atoms with E-state index in [1.807, 2.05) is 0 Å². The lowest BCUT2D eigenvalue weighted by atomic mass is 9.92. The van der Waals surface area contributed by atoms with Crippen LogP contribution in [-0.4, -0.2) is 11.5 Å². The molecular formula is C13H17BrN2O2. The van der Waals surface area contributed by atoms with E-state index in [-0.39, 0.29) is 10.6 Å². The Bertz CT molecular complexity index is 470. The molecule has 1 aliphatic rings. The molecule has 4 nitrogen and oxygen atoms in total. The molecule has 0 unspecified atom stereocenters. The van der Waals surface area contributed by atoms with Gasteiger partial charge in [-0.15, -0.1) is 0 Å². The van der Waals surface area contributed by atoms with Crippen LogP contribution < -0.4 is 5.32 Å². The second-order valence-corrected chi connectivity index (χ2v) is 6.20. The summed E-state index contributed by atoms with van der Waals surface area (Å²) < 4.78 is 0.852. The first-order valence-corrected chi connectivity index (χ1v) is 6.92. The largest absolute Gasteiger partial charge is 0.379 e. The van der Waals surface area contributed by atoms with Crippen LogP contribution in [0.15, 0.2) is 22.7 Å². The number of benzene rings is 1. The molecule has 0 saturated heterocycles. The van der Waals surface area contributed by atoms with Crippen molar-refractivity contribution >= 4 is 27.3 Å². The highest BCUT2D eigenvalue weighted by atomic mass is 79.9. The Kier molecular flexibility index (Phi) is 3.61. The maximum absolute atomic E-state index is 11.0. The summed E-state index contributed by atoms with van der Waals surface area (Å²) in [6, 6.07) is 4.99. The monoisotopic (exact) mass is 312 g/mol. The molecule has 0 aliphatic heterocycles. The molecule has 0 spiro atoms. The minimum atomic E-state index is -0.344. The molecule has 0 atom stereocenters. The molecule has 0 heterocycles. The zero-order valence-electron chi connectivity index (χ0n) is 10.6. The summed E-state index contributed by atoms with van der Waals surface area (Å²) in [5.74, 6) is 0.608. The van der Waals surface area contributed by atoms with Crippen molar-refractivity contribution in [3.8, 4) is 0 Å². The minimum Gasteiger partial charge on any atom is -0.379 e. The van der Waals surface area contributed by atoms with Gasteiger partial charge in [0.25, 0.3) is 5.69 Å². The maximum Gasteiger partial charge on any atom is 0.292 e. The number of nitro benzene ring substituents is 1. The van der Waals surface area contributed by atoms with Crippen LogP contribution in [-0.2, 0) is 0 Å². The lowest BCUT2D eigenvalue weighted by Crippen LogP contribution is -2.21. The van der Waals surface area contributed by atoms with Gasteiger partial charge < -0.3 is 5.32 Å². The molecule has 1 aromatic rings. The average Bonchev–Trinajstić information content (AvgIpc) is 3.07. The third-order valence-corrected chi connectivity index (χ3v) is 4.40. The summed E-state index contributed by atoms with van der Waals surface area (Å²) in [6.07, 6.45) is 2.42. The van der Waals surface area contributed by atoms with Crippen molar-refractivity contribution in [3.63, 3.8) is 0 Å². The summed E-state index contributed by atoms with van der Waals surface area (Å²) in [7, 11) is 0. The molecule has 1 aliphatic carbocycles. The van der Waals surface area contributed by atoms with Crippen LogP contribution in [0.5, 0.6) is 0 Å². The summed E-state index contributed by atoms with van der Waals surface area (Å²) in [4.78, 5) is 10.6. The summed E-state index contributed by atoms with van der Waals surface area (Å²) >= 11 is 3.35. The molecule has 1 fully saturated rings. The SMILES string of the molecule is CC(C)C1(CNc2cc(Br)ccc2[N+](=O)[O-])CC1. The molecule has 98 valence electrons. The Morgan fingerprint density at radius 1 is 1.50 bits per heavy atom. The first-order chi connectivity index (χ1) is 8.44. The zero-order chi connectivity index (χ0) is 13.3. The van der Waals surface area contributed by atoms with Gasteiger partial charge in [-0.05, 0) is 36.3 Å². The Morgan fingerprint density at radius 2 is 2.17 bits per heavy atom. The number of halogens is 1. The Labute approximate surface area is 115 Å². The van der Waals surface area contributed by atoms with E-state index in [0.29, 0.717) is 17.0 Å². The first kappa shape index (κ1) is 13.3. The lowest BCUT2D eigenvalue weighted by molar-refractivity contribution is -0.384. The van der Waals surface area contributed by atoms with Crippen molar-refractivity contribution in [2.24, 2.45) is 11.3 Å². The molecule has 2 rings (SSSR count). The average molecular weight is 313 g/mol. The summed E-state index contributed by atoms with van der Waals surface area (Å²) in [6.45, 7) is 5.23. The van der Waals surface area contributed by atoms with E-state index in [1.54, 1.807) is 12.1 Å². The van der Waals surface area contributed by atoms with Gasteiger partial charge in [0.15, 0.2) is 0 Å². The summed E-state index contributed by atoms with van der Waals surface area (Å²) in [5, 5.41) is 14.2. The molecule has 0 radical (unpaired) electrons. The van der Waals surface area contributed by atoms with Crippen LogP contribution in [0.25, 0.3) is 0 Å². The van der Waals surface area contributed by atoms with E-state index in [2.05, 4.69) is 35.1 Å². The fourth-order valence-corrected chi connectivity index (χ4v) is 2.56. The van der Waals surface area contributed by atoms with Gasteiger partial charge in [0.1, 0.15) is 5.69 Å². The van der Waals surface area contributed by atoms with Gasteiger partial charge in [-0.25, -0.2) is 0 Å². The van der Waals surface area contributed by atoms with Crippen molar-refractivity contribution in [2.75, 3.05) is 11.9 Å². The Morgan fingerprint density at radius 3 is 2.67 bits per heavy atom. The van der Waals surface area contributed by atoms with Crippen LogP contribution in [0.3, 0.4) is 0 Å². The second kappa shape index (κ2) is 4.88. The number of rotatable bonds is 5. The van der Waals surface area contributed by atoms with Crippen molar-refractivity contribution in [1.29, 1.82) is 0 Å². The standard InChI is InChI=1S/C13H17BrN2O2/c1-9(2)13(5-6-13)8-15-11-7-10(14)3-4-12(11)16(17)18/h3-4,7,9,15H,5-6,8H2,1-2H3. The Balaban J connectivity index is 2.14. The highest BCUT2D eigenvalue weighted by molar-refractivity contribution is 9.10. The number of nitro groups is 1. The van der Waals surface area contributed by atoms with Crippen LogP contribution in [0.2, 0.25) is 0 Å². The molecule has 0 amide bonds. The predicted octanol–water partition coefficient (Wildman–Crippen LogP) is 4.21. The molecule has 1 N–H and O–H groups in total. The number of hydrogen-bond acceptors (Lipinski definition) is 3. The van der Waals surface area contributed by atoms with Gasteiger partial charge in [0, 0.05) is 17.1 Å². The van der Waals surface area contributed by atoms with Crippen molar-refractivity contribution in [3.05, 3.63) is 32.8 Å². The van der Waals surface area contributed by atoms with E-state index < -0.39 is 0 Å². The number of anilines is 1. The van der Waals surface area contributed by atoms with Crippen molar-refractivity contribution in [1.82, 2.24) is 0 Å². The van der Waals surface area contributed by atoms with Crippen LogP contribution in [0.1, 0.15) is 26.7 Å². The smallest absolute Gasteiger partial charge is 0.292 e. The van der Waals surface area contributed by atoms with Crippen LogP contribution in [0, 0.1) is 21.4 Å². The molecule has 1 aromatic carbocycles. The van der Waals surface area contributed by atoms with E-state index in [0.717, 1.165) is 11.0 Å². The topological polar surface area (TPSA) is 55.2 Å². The minimum absolute atomic E-state index is 0.137. The maximum atomic E-state index is 11.0. The van der Waals surface area contributed by atoms with Gasteiger partial charge in [-0.1, -0.05) is 29.8 Å². The summed E-state index contributed by atoms with van der Waals surface area (Å²) in [5.41, 5.74) is 1.06. The molecule has 0 aromatic heterocycles. The second-order valence-electron chi connectivity index (χ2n) is 5.29. The van der Waals surface area contributed by atoms with Crippen LogP contribution >= 0.6 is 15.9 Å². The van der Waals surface area contributed by atoms with Crippen molar-refractivity contribution in [2.45, 2.75) is 26.7 Å². The third kappa shape index (κ3) is 2.66. The highest BCUT2D eigenvalue weighted by Crippen LogP contribution is 2.52. The molecule has 5 heteroatoms. The first-order valence-electron chi connectivity index (χ1n) is 6.12. The van der Waals surface area contributed by atoms with E-state index in [1.165, 1.54) is 18.9 Å². The molecule has 1 saturated carbocycles. The highest BCUT2D eigenvalue weighted by Gasteiger charge is 2.45. The van der Waals surface area contributed by atoms with Crippen LogP contribution in [0.4, 0.5) is 11.4 Å². The third-order valence-electron chi connectivity index (χ3n) is 3.90. The number of hydrogen-bond donors (Lipinski definition) is 1. The predicted molar refractivity (Wildman–Crippen MR) is 75.8 cm³/mol. The quantitative estimate of drug-likeness (QED) is 0.654. The fraction of sp³-hybridized carbons (Fsp3) is 0.538. The Hall–Kier alpha value is -1.10. The normalized spacial score (nSPS) is 16.7. The molecular weight excluding hydrogens is 296 g/mol. The van der Waals surface area contributed by atoms with E-state index in [4.69, 9.17) is 0 Å². The van der Waals surface area contributed by atoms with E-state index in [9.17, 15) is 10.1 Å². The lowest BCUT2D eigenvalue weighted by Gasteiger charge is -2.20. The van der Waals surface area contributed by atoms with Gasteiger partial charge in [-0.2, -0.15) is 0 Å². The zero-order valence-corrected chi connectivity index (χ0v) is 12.2. The number of nitrogens with zero attached hydrogens (tertiary/aromatic N) is 1. The molecule has 18 heavy (non-hydrogen) atoms. The van der Waals surface area contributed by atoms with Gasteiger partial charge >= 0.3 is 0 Å².